The number of benzene rings is 1. The standard InChI is InChI=1S/C17H24N2OS/c1-11-7-6-8-12(2)14(11)17(20)19-15(16(18)21)13-9-4-3-5-10-13/h6-8,13,15H,3-5,9-10H2,1-2H3,(H2,18,21)(H,19,20). The van der Waals surface area contributed by atoms with Crippen LogP contribution >= 0.6 is 12.2 Å². The Morgan fingerprint density at radius 2 is 1.81 bits per heavy atom. The van der Waals surface area contributed by atoms with Crippen molar-refractivity contribution in [3.05, 3.63) is 34.9 Å². The zero-order valence-electron chi connectivity index (χ0n) is 12.8. The molecule has 0 saturated heterocycles. The highest BCUT2D eigenvalue weighted by Crippen LogP contribution is 2.27. The molecule has 1 atom stereocenters. The number of hydrogen-bond acceptors (Lipinski definition) is 2. The highest BCUT2D eigenvalue weighted by molar-refractivity contribution is 7.80. The van der Waals surface area contributed by atoms with Crippen molar-refractivity contribution in [2.45, 2.75) is 52.0 Å². The number of amides is 1. The van der Waals surface area contributed by atoms with Crippen molar-refractivity contribution < 1.29 is 4.79 Å². The monoisotopic (exact) mass is 304 g/mol. The molecule has 1 aromatic carbocycles. The first-order valence-electron chi connectivity index (χ1n) is 7.67. The van der Waals surface area contributed by atoms with Gasteiger partial charge in [-0.25, -0.2) is 0 Å². The third kappa shape index (κ3) is 3.82. The summed E-state index contributed by atoms with van der Waals surface area (Å²) in [6, 6.07) is 5.69. The van der Waals surface area contributed by atoms with Crippen LogP contribution in [0.1, 0.15) is 53.6 Å². The lowest BCUT2D eigenvalue weighted by atomic mass is 9.83. The van der Waals surface area contributed by atoms with Crippen molar-refractivity contribution in [1.29, 1.82) is 0 Å². The number of thiocarbonyl (C=S) groups is 1. The first kappa shape index (κ1) is 16.0. The van der Waals surface area contributed by atoms with Crippen molar-refractivity contribution in [2.24, 2.45) is 11.7 Å². The van der Waals surface area contributed by atoms with Crippen molar-refractivity contribution in [2.75, 3.05) is 0 Å². The average molecular weight is 304 g/mol. The van der Waals surface area contributed by atoms with Crippen molar-refractivity contribution in [1.82, 2.24) is 5.32 Å². The van der Waals surface area contributed by atoms with Crippen LogP contribution in [0.3, 0.4) is 0 Å². The quantitative estimate of drug-likeness (QED) is 0.839. The van der Waals surface area contributed by atoms with Crippen LogP contribution in [-0.4, -0.2) is 16.9 Å². The molecule has 0 heterocycles. The van der Waals surface area contributed by atoms with Crippen LogP contribution in [0.25, 0.3) is 0 Å². The van der Waals surface area contributed by atoms with Crippen LogP contribution in [-0.2, 0) is 0 Å². The molecule has 3 N–H and O–H groups in total. The fourth-order valence-electron chi connectivity index (χ4n) is 3.27. The van der Waals surface area contributed by atoms with Crippen molar-refractivity contribution in [3.63, 3.8) is 0 Å². The second-order valence-electron chi connectivity index (χ2n) is 6.02. The van der Waals surface area contributed by atoms with Crippen molar-refractivity contribution in [3.8, 4) is 0 Å². The van der Waals surface area contributed by atoms with Gasteiger partial charge < -0.3 is 11.1 Å². The number of nitrogens with one attached hydrogen (secondary N) is 1. The van der Waals surface area contributed by atoms with Gasteiger partial charge in [0.2, 0.25) is 0 Å². The summed E-state index contributed by atoms with van der Waals surface area (Å²) in [6.07, 6.45) is 5.85. The molecule has 4 heteroatoms. The van der Waals surface area contributed by atoms with E-state index in [0.717, 1.165) is 29.5 Å². The third-order valence-corrected chi connectivity index (χ3v) is 4.68. The number of nitrogens with two attached hydrogens (primary N) is 1. The van der Waals surface area contributed by atoms with Crippen LogP contribution in [0.5, 0.6) is 0 Å². The van der Waals surface area contributed by atoms with Gasteiger partial charge in [-0.2, -0.15) is 0 Å². The molecular formula is C17H24N2OS. The van der Waals surface area contributed by atoms with E-state index in [1.807, 2.05) is 32.0 Å². The molecule has 1 saturated carbocycles. The molecule has 1 aliphatic carbocycles. The SMILES string of the molecule is Cc1cccc(C)c1C(=O)NC(C(N)=S)C1CCCCC1. The van der Waals surface area contributed by atoms with Crippen LogP contribution in [0.2, 0.25) is 0 Å². The van der Waals surface area contributed by atoms with E-state index in [0.29, 0.717) is 10.9 Å². The molecule has 0 radical (unpaired) electrons. The summed E-state index contributed by atoms with van der Waals surface area (Å²) in [5, 5.41) is 3.08. The van der Waals surface area contributed by atoms with Gasteiger partial charge in [-0.15, -0.1) is 0 Å². The maximum absolute atomic E-state index is 12.6. The van der Waals surface area contributed by atoms with Gasteiger partial charge in [0.05, 0.1) is 11.0 Å². The Labute approximate surface area is 132 Å². The molecule has 2 rings (SSSR count). The van der Waals surface area contributed by atoms with Crippen LogP contribution < -0.4 is 11.1 Å². The van der Waals surface area contributed by atoms with Gasteiger partial charge in [0.15, 0.2) is 0 Å². The molecule has 1 aliphatic rings. The van der Waals surface area contributed by atoms with E-state index < -0.39 is 0 Å². The second-order valence-corrected chi connectivity index (χ2v) is 6.49. The average Bonchev–Trinajstić information content (AvgIpc) is 2.45. The van der Waals surface area contributed by atoms with Gasteiger partial charge in [-0.1, -0.05) is 49.7 Å². The summed E-state index contributed by atoms with van der Waals surface area (Å²) in [6.45, 7) is 3.91. The van der Waals surface area contributed by atoms with Crippen molar-refractivity contribution >= 4 is 23.1 Å². The zero-order valence-corrected chi connectivity index (χ0v) is 13.6. The van der Waals surface area contributed by atoms with Crippen LogP contribution in [0.4, 0.5) is 0 Å². The van der Waals surface area contributed by atoms with Gasteiger partial charge in [-0.05, 0) is 43.7 Å². The van der Waals surface area contributed by atoms with Gasteiger partial charge in [0.25, 0.3) is 5.91 Å². The fourth-order valence-corrected chi connectivity index (χ4v) is 3.53. The first-order chi connectivity index (χ1) is 10.0. The summed E-state index contributed by atoms with van der Waals surface area (Å²) in [4.78, 5) is 13.0. The first-order valence-corrected chi connectivity index (χ1v) is 8.08. The Hall–Kier alpha value is -1.42. The van der Waals surface area contributed by atoms with Gasteiger partial charge >= 0.3 is 0 Å². The molecule has 21 heavy (non-hydrogen) atoms. The number of rotatable bonds is 4. The molecule has 1 aromatic rings. The van der Waals surface area contributed by atoms with E-state index in [2.05, 4.69) is 5.32 Å². The lowest BCUT2D eigenvalue weighted by molar-refractivity contribution is 0.0930. The highest BCUT2D eigenvalue weighted by atomic mass is 32.1. The molecule has 0 spiro atoms. The van der Waals surface area contributed by atoms with Gasteiger partial charge in [0.1, 0.15) is 0 Å². The van der Waals surface area contributed by atoms with Gasteiger partial charge in [-0.3, -0.25) is 4.79 Å². The molecule has 1 unspecified atom stereocenters. The maximum Gasteiger partial charge on any atom is 0.252 e. The highest BCUT2D eigenvalue weighted by Gasteiger charge is 2.28. The number of carbonyl (C=O) groups excluding carboxylic acids is 1. The molecule has 1 fully saturated rings. The third-order valence-electron chi connectivity index (χ3n) is 4.42. The lowest BCUT2D eigenvalue weighted by Crippen LogP contribution is -2.49. The summed E-state index contributed by atoms with van der Waals surface area (Å²) in [7, 11) is 0. The smallest absolute Gasteiger partial charge is 0.252 e. The van der Waals surface area contributed by atoms with E-state index in [1.54, 1.807) is 0 Å². The fraction of sp³-hybridized carbons (Fsp3) is 0.529. The Morgan fingerprint density at radius 3 is 2.33 bits per heavy atom. The zero-order chi connectivity index (χ0) is 15.4. The lowest BCUT2D eigenvalue weighted by Gasteiger charge is -2.30. The van der Waals surface area contributed by atoms with E-state index in [1.165, 1.54) is 19.3 Å². The normalized spacial score (nSPS) is 17.2. The predicted octanol–water partition coefficient (Wildman–Crippen LogP) is 3.27. The molecule has 114 valence electrons. The Bertz CT molecular complexity index is 515. The molecular weight excluding hydrogens is 280 g/mol. The number of carbonyl (C=O) groups is 1. The summed E-state index contributed by atoms with van der Waals surface area (Å²) >= 11 is 5.19. The number of aryl methyl sites for hydroxylation is 2. The number of hydrogen-bond donors (Lipinski definition) is 2. The summed E-state index contributed by atoms with van der Waals surface area (Å²) in [5.41, 5.74) is 8.60. The molecule has 0 bridgehead atoms. The Kier molecular flexibility index (Phi) is 5.34. The maximum atomic E-state index is 12.6. The topological polar surface area (TPSA) is 55.1 Å². The summed E-state index contributed by atoms with van der Waals surface area (Å²) in [5.74, 6) is 0.318. The minimum Gasteiger partial charge on any atom is -0.392 e. The minimum atomic E-state index is -0.188. The van der Waals surface area contributed by atoms with Gasteiger partial charge in [0, 0.05) is 5.56 Å². The molecule has 0 aromatic heterocycles. The van der Waals surface area contributed by atoms with E-state index in [-0.39, 0.29) is 11.9 Å². The summed E-state index contributed by atoms with van der Waals surface area (Å²) < 4.78 is 0. The van der Waals surface area contributed by atoms with E-state index >= 15 is 0 Å². The Balaban J connectivity index is 2.16. The largest absolute Gasteiger partial charge is 0.392 e. The van der Waals surface area contributed by atoms with Crippen LogP contribution in [0.15, 0.2) is 18.2 Å². The van der Waals surface area contributed by atoms with E-state index in [9.17, 15) is 4.79 Å². The predicted molar refractivity (Wildman–Crippen MR) is 90.5 cm³/mol. The molecule has 0 aliphatic heterocycles. The van der Waals surface area contributed by atoms with Crippen LogP contribution in [0, 0.1) is 19.8 Å². The van der Waals surface area contributed by atoms with E-state index in [4.69, 9.17) is 18.0 Å². The second kappa shape index (κ2) is 7.03. The molecule has 1 amide bonds. The Morgan fingerprint density at radius 1 is 1.24 bits per heavy atom. The minimum absolute atomic E-state index is 0.0611. The molecule has 3 nitrogen and oxygen atoms in total.